The number of likely N-dealkylation sites (N-methyl/N-ethyl adjacent to an activating group) is 1. The van der Waals surface area contributed by atoms with E-state index in [1.165, 1.54) is 5.56 Å². The lowest BCUT2D eigenvalue weighted by Gasteiger charge is -2.15. The van der Waals surface area contributed by atoms with Crippen LogP contribution in [0, 0.1) is 0 Å². The largest absolute Gasteiger partial charge is 0.317 e. The molecular weight excluding hydrogens is 246 g/mol. The van der Waals surface area contributed by atoms with E-state index in [1.54, 1.807) is 0 Å². The maximum atomic E-state index is 4.54. The Morgan fingerprint density at radius 1 is 1.10 bits per heavy atom. The van der Waals surface area contributed by atoms with Crippen molar-refractivity contribution in [3.05, 3.63) is 59.7 Å². The number of nitrogens with zero attached hydrogens (tertiary/aromatic N) is 2. The van der Waals surface area contributed by atoms with E-state index in [0.717, 1.165) is 37.1 Å². The third kappa shape index (κ3) is 4.42. The molecule has 3 heteroatoms. The third-order valence-corrected chi connectivity index (χ3v) is 3.63. The fourth-order valence-electron chi connectivity index (χ4n) is 2.25. The smallest absolute Gasteiger partial charge is 0.0419 e. The van der Waals surface area contributed by atoms with E-state index in [9.17, 15) is 0 Å². The van der Waals surface area contributed by atoms with E-state index >= 15 is 0 Å². The average Bonchev–Trinajstić information content (AvgIpc) is 2.53. The number of nitrogens with one attached hydrogen (secondary N) is 1. The van der Waals surface area contributed by atoms with E-state index in [0.29, 0.717) is 6.04 Å². The highest BCUT2D eigenvalue weighted by molar-refractivity contribution is 5.14. The number of aromatic nitrogens is 2. The third-order valence-electron chi connectivity index (χ3n) is 3.63. The summed E-state index contributed by atoms with van der Waals surface area (Å²) in [6, 6.07) is 10.8. The van der Waals surface area contributed by atoms with Gasteiger partial charge in [0, 0.05) is 36.2 Å². The normalized spacial score (nSPS) is 12.3. The highest BCUT2D eigenvalue weighted by atomic mass is 14.9. The van der Waals surface area contributed by atoms with Crippen LogP contribution in [0.2, 0.25) is 0 Å². The van der Waals surface area contributed by atoms with E-state index < -0.39 is 0 Å². The van der Waals surface area contributed by atoms with Gasteiger partial charge in [0.25, 0.3) is 0 Å². The van der Waals surface area contributed by atoms with Crippen molar-refractivity contribution in [2.24, 2.45) is 0 Å². The maximum absolute atomic E-state index is 4.54. The van der Waals surface area contributed by atoms with Crippen molar-refractivity contribution in [2.45, 2.75) is 38.6 Å². The first-order valence-corrected chi connectivity index (χ1v) is 7.32. The minimum Gasteiger partial charge on any atom is -0.317 e. The summed E-state index contributed by atoms with van der Waals surface area (Å²) in [6.07, 6.45) is 7.93. The van der Waals surface area contributed by atoms with Crippen LogP contribution in [-0.4, -0.2) is 23.1 Å². The second kappa shape index (κ2) is 7.75. The zero-order valence-electron chi connectivity index (χ0n) is 12.3. The van der Waals surface area contributed by atoms with Gasteiger partial charge in [0.1, 0.15) is 0 Å². The molecule has 2 aromatic heterocycles. The topological polar surface area (TPSA) is 37.8 Å². The first-order valence-electron chi connectivity index (χ1n) is 7.32. The van der Waals surface area contributed by atoms with Gasteiger partial charge in [0.15, 0.2) is 0 Å². The molecule has 0 aliphatic rings. The van der Waals surface area contributed by atoms with E-state index in [-0.39, 0.29) is 0 Å². The summed E-state index contributed by atoms with van der Waals surface area (Å²) in [7, 11) is 2.02. The molecule has 0 amide bonds. The van der Waals surface area contributed by atoms with E-state index in [4.69, 9.17) is 0 Å². The van der Waals surface area contributed by atoms with Gasteiger partial charge in [-0.3, -0.25) is 9.97 Å². The van der Waals surface area contributed by atoms with Crippen LogP contribution in [0.4, 0.5) is 0 Å². The molecule has 1 N–H and O–H groups in total. The van der Waals surface area contributed by atoms with Crippen molar-refractivity contribution >= 4 is 0 Å². The summed E-state index contributed by atoms with van der Waals surface area (Å²) in [4.78, 5) is 8.91. The molecule has 0 bridgehead atoms. The quantitative estimate of drug-likeness (QED) is 0.840. The molecule has 0 saturated heterocycles. The highest BCUT2D eigenvalue weighted by Gasteiger charge is 2.09. The predicted octanol–water partition coefficient (Wildman–Crippen LogP) is 2.80. The molecular formula is C17H23N3. The molecule has 0 spiro atoms. The summed E-state index contributed by atoms with van der Waals surface area (Å²) in [5, 5.41) is 3.38. The Morgan fingerprint density at radius 3 is 2.60 bits per heavy atom. The summed E-state index contributed by atoms with van der Waals surface area (Å²) >= 11 is 0. The van der Waals surface area contributed by atoms with Gasteiger partial charge in [-0.15, -0.1) is 0 Å². The second-order valence-corrected chi connectivity index (χ2v) is 5.06. The van der Waals surface area contributed by atoms with Gasteiger partial charge in [-0.2, -0.15) is 0 Å². The standard InChI is InChI=1S/C17H23N3/c1-3-14-7-8-17(20-13-14)12-16(18-2)10-9-15-6-4-5-11-19-15/h4-8,11,13,16,18H,3,9-10,12H2,1-2H3. The number of pyridine rings is 2. The van der Waals surface area contributed by atoms with Crippen LogP contribution >= 0.6 is 0 Å². The lowest BCUT2D eigenvalue weighted by molar-refractivity contribution is 0.512. The van der Waals surface area contributed by atoms with Crippen molar-refractivity contribution in [3.63, 3.8) is 0 Å². The molecule has 1 atom stereocenters. The summed E-state index contributed by atoms with van der Waals surface area (Å²) in [5.41, 5.74) is 3.60. The molecule has 2 heterocycles. The van der Waals surface area contributed by atoms with Crippen molar-refractivity contribution in [2.75, 3.05) is 7.05 Å². The van der Waals surface area contributed by atoms with Crippen LogP contribution in [0.25, 0.3) is 0 Å². The average molecular weight is 269 g/mol. The fraction of sp³-hybridized carbons (Fsp3) is 0.412. The molecule has 0 aliphatic heterocycles. The van der Waals surface area contributed by atoms with Crippen LogP contribution in [0.1, 0.15) is 30.3 Å². The lowest BCUT2D eigenvalue weighted by Crippen LogP contribution is -2.28. The Labute approximate surface area is 121 Å². The zero-order chi connectivity index (χ0) is 14.2. The zero-order valence-corrected chi connectivity index (χ0v) is 12.3. The van der Waals surface area contributed by atoms with Crippen LogP contribution in [0.3, 0.4) is 0 Å². The van der Waals surface area contributed by atoms with Crippen LogP contribution in [0.15, 0.2) is 42.7 Å². The fourth-order valence-corrected chi connectivity index (χ4v) is 2.25. The van der Waals surface area contributed by atoms with Crippen LogP contribution < -0.4 is 5.32 Å². The van der Waals surface area contributed by atoms with Gasteiger partial charge in [-0.05, 0) is 50.1 Å². The van der Waals surface area contributed by atoms with Gasteiger partial charge < -0.3 is 5.32 Å². The molecule has 2 rings (SSSR count). The molecule has 0 fully saturated rings. The molecule has 0 aromatic carbocycles. The predicted molar refractivity (Wildman–Crippen MR) is 82.7 cm³/mol. The Hall–Kier alpha value is -1.74. The maximum Gasteiger partial charge on any atom is 0.0419 e. The van der Waals surface area contributed by atoms with Crippen LogP contribution in [-0.2, 0) is 19.3 Å². The van der Waals surface area contributed by atoms with E-state index in [2.05, 4.69) is 40.4 Å². The Balaban J connectivity index is 1.88. The molecule has 0 radical (unpaired) electrons. The number of hydrogen-bond donors (Lipinski definition) is 1. The Kier molecular flexibility index (Phi) is 5.69. The molecule has 2 aromatic rings. The van der Waals surface area contributed by atoms with Gasteiger partial charge in [-0.1, -0.05) is 19.1 Å². The Bertz CT molecular complexity index is 493. The van der Waals surface area contributed by atoms with Gasteiger partial charge >= 0.3 is 0 Å². The molecule has 1 unspecified atom stereocenters. The molecule has 0 aliphatic carbocycles. The van der Waals surface area contributed by atoms with Crippen molar-refractivity contribution in [1.29, 1.82) is 0 Å². The van der Waals surface area contributed by atoms with Gasteiger partial charge in [0.05, 0.1) is 0 Å². The van der Waals surface area contributed by atoms with Gasteiger partial charge in [-0.25, -0.2) is 0 Å². The second-order valence-electron chi connectivity index (χ2n) is 5.06. The van der Waals surface area contributed by atoms with Crippen molar-refractivity contribution < 1.29 is 0 Å². The lowest BCUT2D eigenvalue weighted by atomic mass is 10.0. The molecule has 20 heavy (non-hydrogen) atoms. The number of aryl methyl sites for hydroxylation is 2. The monoisotopic (exact) mass is 269 g/mol. The Morgan fingerprint density at radius 2 is 2.00 bits per heavy atom. The first kappa shape index (κ1) is 14.7. The van der Waals surface area contributed by atoms with Crippen molar-refractivity contribution in [3.8, 4) is 0 Å². The SMILES string of the molecule is CCc1ccc(CC(CCc2ccccn2)NC)nc1. The van der Waals surface area contributed by atoms with E-state index in [1.807, 2.05) is 31.6 Å². The highest BCUT2D eigenvalue weighted by Crippen LogP contribution is 2.08. The first-order chi connectivity index (χ1) is 9.81. The summed E-state index contributed by atoms with van der Waals surface area (Å²) in [6.45, 7) is 2.15. The number of hydrogen-bond acceptors (Lipinski definition) is 3. The molecule has 3 nitrogen and oxygen atoms in total. The van der Waals surface area contributed by atoms with Crippen LogP contribution in [0.5, 0.6) is 0 Å². The van der Waals surface area contributed by atoms with Crippen molar-refractivity contribution in [1.82, 2.24) is 15.3 Å². The molecule has 0 saturated carbocycles. The summed E-state index contributed by atoms with van der Waals surface area (Å²) in [5.74, 6) is 0. The minimum absolute atomic E-state index is 0.442. The molecule has 106 valence electrons. The minimum atomic E-state index is 0.442. The summed E-state index contributed by atoms with van der Waals surface area (Å²) < 4.78 is 0. The van der Waals surface area contributed by atoms with Gasteiger partial charge in [0.2, 0.25) is 0 Å². The number of rotatable bonds is 7.